The molecule has 0 saturated carbocycles. The zero-order valence-electron chi connectivity index (χ0n) is 12.2. The van der Waals surface area contributed by atoms with Gasteiger partial charge in [-0.2, -0.15) is 0 Å². The van der Waals surface area contributed by atoms with Crippen LogP contribution in [0.5, 0.6) is 0 Å². The first-order chi connectivity index (χ1) is 9.04. The zero-order chi connectivity index (χ0) is 14.0. The van der Waals surface area contributed by atoms with Crippen molar-refractivity contribution >= 4 is 17.3 Å². The van der Waals surface area contributed by atoms with Crippen LogP contribution in [0, 0.1) is 19.8 Å². The van der Waals surface area contributed by atoms with Crippen molar-refractivity contribution < 1.29 is 4.79 Å². The highest BCUT2D eigenvalue weighted by Crippen LogP contribution is 2.32. The summed E-state index contributed by atoms with van der Waals surface area (Å²) in [4.78, 5) is 14.4. The number of hydrogen-bond donors (Lipinski definition) is 1. The third-order valence-electron chi connectivity index (χ3n) is 4.10. The Kier molecular flexibility index (Phi) is 4.13. The number of amides is 1. The number of carbonyl (C=O) groups excluding carboxylic acids is 1. The Bertz CT molecular complexity index is 482. The lowest BCUT2D eigenvalue weighted by atomic mass is 10.0. The number of benzene rings is 1. The van der Waals surface area contributed by atoms with Gasteiger partial charge in [-0.3, -0.25) is 4.79 Å². The van der Waals surface area contributed by atoms with Crippen LogP contribution in [-0.2, 0) is 4.79 Å². The molecule has 0 spiro atoms. The Hall–Kier alpha value is -1.51. The van der Waals surface area contributed by atoms with Crippen LogP contribution in [0.2, 0.25) is 0 Å². The SMILES string of the molecule is CCCCC1CCN(c2cc(N)c(C)cc2C)C1=O. The molecule has 0 bridgehead atoms. The van der Waals surface area contributed by atoms with Crippen LogP contribution in [0.15, 0.2) is 12.1 Å². The number of aryl methyl sites for hydroxylation is 2. The molecule has 0 aliphatic carbocycles. The highest BCUT2D eigenvalue weighted by molar-refractivity contribution is 5.98. The first kappa shape index (κ1) is 13.9. The predicted molar refractivity (Wildman–Crippen MR) is 80.3 cm³/mol. The highest BCUT2D eigenvalue weighted by Gasteiger charge is 2.32. The molecule has 2 rings (SSSR count). The van der Waals surface area contributed by atoms with Crippen molar-refractivity contribution in [3.63, 3.8) is 0 Å². The number of rotatable bonds is 4. The minimum atomic E-state index is 0.210. The van der Waals surface area contributed by atoms with Gasteiger partial charge in [0.15, 0.2) is 0 Å². The van der Waals surface area contributed by atoms with Crippen LogP contribution < -0.4 is 10.6 Å². The molecule has 1 aromatic carbocycles. The van der Waals surface area contributed by atoms with E-state index in [1.807, 2.05) is 17.9 Å². The Balaban J connectivity index is 2.20. The summed E-state index contributed by atoms with van der Waals surface area (Å²) in [5, 5.41) is 0. The van der Waals surface area contributed by atoms with E-state index in [1.165, 1.54) is 0 Å². The lowest BCUT2D eigenvalue weighted by Crippen LogP contribution is -2.27. The van der Waals surface area contributed by atoms with Gasteiger partial charge in [-0.1, -0.05) is 25.8 Å². The molecule has 1 aliphatic heterocycles. The van der Waals surface area contributed by atoms with Crippen molar-refractivity contribution in [2.75, 3.05) is 17.2 Å². The van der Waals surface area contributed by atoms with E-state index in [0.29, 0.717) is 0 Å². The summed E-state index contributed by atoms with van der Waals surface area (Å²) in [7, 11) is 0. The predicted octanol–water partition coefficient (Wildman–Crippen LogP) is 3.43. The number of anilines is 2. The molecule has 1 saturated heterocycles. The largest absolute Gasteiger partial charge is 0.398 e. The van der Waals surface area contributed by atoms with Crippen molar-refractivity contribution in [1.82, 2.24) is 0 Å². The quantitative estimate of drug-likeness (QED) is 0.843. The summed E-state index contributed by atoms with van der Waals surface area (Å²) in [6.45, 7) is 7.05. The molecule has 1 fully saturated rings. The van der Waals surface area contributed by atoms with Gasteiger partial charge >= 0.3 is 0 Å². The van der Waals surface area contributed by atoms with Crippen LogP contribution in [0.3, 0.4) is 0 Å². The van der Waals surface area contributed by atoms with E-state index >= 15 is 0 Å². The molecule has 19 heavy (non-hydrogen) atoms. The summed E-state index contributed by atoms with van der Waals surface area (Å²) in [5.41, 5.74) is 9.96. The lowest BCUT2D eigenvalue weighted by Gasteiger charge is -2.20. The topological polar surface area (TPSA) is 46.3 Å². The second kappa shape index (κ2) is 5.64. The third kappa shape index (κ3) is 2.75. The molecular weight excluding hydrogens is 236 g/mol. The van der Waals surface area contributed by atoms with Crippen molar-refractivity contribution in [2.24, 2.45) is 5.92 Å². The maximum absolute atomic E-state index is 12.4. The fourth-order valence-electron chi connectivity index (χ4n) is 2.84. The van der Waals surface area contributed by atoms with E-state index in [9.17, 15) is 4.79 Å². The van der Waals surface area contributed by atoms with Crippen molar-refractivity contribution in [3.05, 3.63) is 23.3 Å². The van der Waals surface area contributed by atoms with Gasteiger partial charge < -0.3 is 10.6 Å². The van der Waals surface area contributed by atoms with Crippen LogP contribution in [0.25, 0.3) is 0 Å². The van der Waals surface area contributed by atoms with Crippen molar-refractivity contribution in [1.29, 1.82) is 0 Å². The van der Waals surface area contributed by atoms with Gasteiger partial charge in [0.25, 0.3) is 0 Å². The van der Waals surface area contributed by atoms with Gasteiger partial charge in [-0.25, -0.2) is 0 Å². The number of nitrogens with zero attached hydrogens (tertiary/aromatic N) is 1. The van der Waals surface area contributed by atoms with E-state index in [1.54, 1.807) is 0 Å². The normalized spacial score (nSPS) is 19.2. The number of carbonyl (C=O) groups is 1. The maximum Gasteiger partial charge on any atom is 0.230 e. The molecule has 1 amide bonds. The summed E-state index contributed by atoms with van der Waals surface area (Å²) in [5.74, 6) is 0.488. The van der Waals surface area contributed by atoms with Crippen LogP contribution in [-0.4, -0.2) is 12.5 Å². The summed E-state index contributed by atoms with van der Waals surface area (Å²) < 4.78 is 0. The number of nitrogens with two attached hydrogens (primary N) is 1. The molecule has 104 valence electrons. The molecule has 1 aromatic rings. The van der Waals surface area contributed by atoms with Gasteiger partial charge in [-0.15, -0.1) is 0 Å². The van der Waals surface area contributed by atoms with Crippen molar-refractivity contribution in [2.45, 2.75) is 46.5 Å². The fourth-order valence-corrected chi connectivity index (χ4v) is 2.84. The Morgan fingerprint density at radius 3 is 2.74 bits per heavy atom. The molecule has 3 heteroatoms. The molecule has 1 heterocycles. The van der Waals surface area contributed by atoms with E-state index < -0.39 is 0 Å². The molecule has 1 atom stereocenters. The zero-order valence-corrected chi connectivity index (χ0v) is 12.2. The number of nitrogen functional groups attached to an aromatic ring is 1. The summed E-state index contributed by atoms with van der Waals surface area (Å²) >= 11 is 0. The second-order valence-corrected chi connectivity index (χ2v) is 5.61. The molecule has 0 radical (unpaired) electrons. The summed E-state index contributed by atoms with van der Waals surface area (Å²) in [6, 6.07) is 4.02. The molecule has 1 aliphatic rings. The van der Waals surface area contributed by atoms with Gasteiger partial charge in [0.1, 0.15) is 0 Å². The minimum Gasteiger partial charge on any atom is -0.398 e. The maximum atomic E-state index is 12.4. The molecule has 1 unspecified atom stereocenters. The molecule has 3 nitrogen and oxygen atoms in total. The Morgan fingerprint density at radius 1 is 1.32 bits per heavy atom. The standard InChI is InChI=1S/C16H24N2O/c1-4-5-6-13-7-8-18(16(13)19)15-10-14(17)11(2)9-12(15)3/h9-10,13H,4-8,17H2,1-3H3. The van der Waals surface area contributed by atoms with Crippen LogP contribution >= 0.6 is 0 Å². The molecule has 0 aromatic heterocycles. The van der Waals surface area contributed by atoms with Gasteiger partial charge in [0.2, 0.25) is 5.91 Å². The molecule has 2 N–H and O–H groups in total. The second-order valence-electron chi connectivity index (χ2n) is 5.61. The first-order valence-corrected chi connectivity index (χ1v) is 7.22. The summed E-state index contributed by atoms with van der Waals surface area (Å²) in [6.07, 6.45) is 4.29. The van der Waals surface area contributed by atoms with E-state index in [2.05, 4.69) is 19.9 Å². The average Bonchev–Trinajstić information content (AvgIpc) is 2.73. The third-order valence-corrected chi connectivity index (χ3v) is 4.10. The monoisotopic (exact) mass is 260 g/mol. The van der Waals surface area contributed by atoms with Gasteiger partial charge in [0, 0.05) is 23.8 Å². The van der Waals surface area contributed by atoms with Crippen LogP contribution in [0.1, 0.15) is 43.7 Å². The lowest BCUT2D eigenvalue weighted by molar-refractivity contribution is -0.120. The van der Waals surface area contributed by atoms with Crippen molar-refractivity contribution in [3.8, 4) is 0 Å². The number of unbranched alkanes of at least 4 members (excludes halogenated alkanes) is 1. The minimum absolute atomic E-state index is 0.210. The van der Waals surface area contributed by atoms with E-state index in [4.69, 9.17) is 5.73 Å². The smallest absolute Gasteiger partial charge is 0.230 e. The average molecular weight is 260 g/mol. The Labute approximate surface area is 115 Å². The number of hydrogen-bond acceptors (Lipinski definition) is 2. The van der Waals surface area contributed by atoms with Gasteiger partial charge in [-0.05, 0) is 43.9 Å². The Morgan fingerprint density at radius 2 is 2.05 bits per heavy atom. The highest BCUT2D eigenvalue weighted by atomic mass is 16.2. The van der Waals surface area contributed by atoms with E-state index in [-0.39, 0.29) is 11.8 Å². The fraction of sp³-hybridized carbons (Fsp3) is 0.562. The first-order valence-electron chi connectivity index (χ1n) is 7.22. The van der Waals surface area contributed by atoms with E-state index in [0.717, 1.165) is 54.7 Å². The molecular formula is C16H24N2O. The van der Waals surface area contributed by atoms with Crippen LogP contribution in [0.4, 0.5) is 11.4 Å². The van der Waals surface area contributed by atoms with Gasteiger partial charge in [0.05, 0.1) is 0 Å².